The van der Waals surface area contributed by atoms with Crippen molar-refractivity contribution in [3.63, 3.8) is 0 Å². The van der Waals surface area contributed by atoms with Crippen molar-refractivity contribution in [3.05, 3.63) is 57.0 Å². The molecule has 17 heavy (non-hydrogen) atoms. The molecule has 0 heterocycles. The van der Waals surface area contributed by atoms with Crippen LogP contribution in [-0.4, -0.2) is 6.29 Å². The highest BCUT2D eigenvalue weighted by Crippen LogP contribution is 2.34. The van der Waals surface area contributed by atoms with Crippen molar-refractivity contribution in [2.45, 2.75) is 0 Å². The molecule has 0 fully saturated rings. The van der Waals surface area contributed by atoms with E-state index in [4.69, 9.17) is 34.8 Å². The Morgan fingerprint density at radius 1 is 0.941 bits per heavy atom. The van der Waals surface area contributed by atoms with Crippen LogP contribution >= 0.6 is 34.8 Å². The molecule has 4 heteroatoms. The Kier molecular flexibility index (Phi) is 3.72. The van der Waals surface area contributed by atoms with Crippen LogP contribution in [0.5, 0.6) is 0 Å². The summed E-state index contributed by atoms with van der Waals surface area (Å²) in [5.74, 6) is 0. The number of benzene rings is 2. The zero-order chi connectivity index (χ0) is 12.4. The van der Waals surface area contributed by atoms with Gasteiger partial charge in [-0.1, -0.05) is 53.0 Å². The maximum Gasteiger partial charge on any atom is 0.151 e. The summed E-state index contributed by atoms with van der Waals surface area (Å²) in [6, 6.07) is 10.5. The fourth-order valence-electron chi connectivity index (χ4n) is 1.53. The molecule has 86 valence electrons. The molecule has 2 aromatic rings. The topological polar surface area (TPSA) is 17.1 Å². The van der Waals surface area contributed by atoms with E-state index in [0.29, 0.717) is 26.9 Å². The van der Waals surface area contributed by atoms with E-state index in [-0.39, 0.29) is 0 Å². The first kappa shape index (κ1) is 12.4. The van der Waals surface area contributed by atoms with Gasteiger partial charge >= 0.3 is 0 Å². The smallest absolute Gasteiger partial charge is 0.151 e. The summed E-state index contributed by atoms with van der Waals surface area (Å²) in [6.07, 6.45) is 0.713. The second-order valence-corrected chi connectivity index (χ2v) is 4.65. The second kappa shape index (κ2) is 5.09. The number of carbonyl (C=O) groups is 1. The van der Waals surface area contributed by atoms with Crippen molar-refractivity contribution in [2.75, 3.05) is 0 Å². The number of halogens is 3. The summed E-state index contributed by atoms with van der Waals surface area (Å²) < 4.78 is 0. The maximum absolute atomic E-state index is 10.8. The number of hydrogen-bond donors (Lipinski definition) is 0. The molecule has 0 bridgehead atoms. The van der Waals surface area contributed by atoms with E-state index in [9.17, 15) is 4.79 Å². The minimum atomic E-state index is 0.418. The molecule has 1 nitrogen and oxygen atoms in total. The minimum absolute atomic E-state index is 0.418. The van der Waals surface area contributed by atoms with E-state index >= 15 is 0 Å². The summed E-state index contributed by atoms with van der Waals surface area (Å²) in [5.41, 5.74) is 2.02. The van der Waals surface area contributed by atoms with Crippen molar-refractivity contribution in [2.24, 2.45) is 0 Å². The second-order valence-electron chi connectivity index (χ2n) is 3.46. The van der Waals surface area contributed by atoms with Crippen LogP contribution in [0, 0.1) is 0 Å². The van der Waals surface area contributed by atoms with E-state index in [1.54, 1.807) is 30.3 Å². The first-order valence-electron chi connectivity index (χ1n) is 4.82. The minimum Gasteiger partial charge on any atom is -0.298 e. The molecule has 0 unspecified atom stereocenters. The SMILES string of the molecule is O=Cc1cc(-c2cccc(Cl)c2Cl)ccc1Cl. The van der Waals surface area contributed by atoms with Gasteiger partial charge in [0.05, 0.1) is 15.1 Å². The lowest BCUT2D eigenvalue weighted by Crippen LogP contribution is -1.86. The fourth-order valence-corrected chi connectivity index (χ4v) is 2.10. The quantitative estimate of drug-likeness (QED) is 0.699. The van der Waals surface area contributed by atoms with Crippen LogP contribution in [-0.2, 0) is 0 Å². The van der Waals surface area contributed by atoms with E-state index in [2.05, 4.69) is 0 Å². The Labute approximate surface area is 114 Å². The third-order valence-corrected chi connectivity index (χ3v) is 3.55. The number of carbonyl (C=O) groups excluding carboxylic acids is 1. The highest BCUT2D eigenvalue weighted by Gasteiger charge is 2.08. The lowest BCUT2D eigenvalue weighted by Gasteiger charge is -2.07. The third kappa shape index (κ3) is 2.47. The van der Waals surface area contributed by atoms with Crippen LogP contribution in [0.25, 0.3) is 11.1 Å². The molecule has 2 rings (SSSR count). The van der Waals surface area contributed by atoms with Crippen LogP contribution in [0.3, 0.4) is 0 Å². The van der Waals surface area contributed by atoms with Gasteiger partial charge in [-0.3, -0.25) is 4.79 Å². The standard InChI is InChI=1S/C13H7Cl3O/c14-11-5-4-8(6-9(11)7-17)10-2-1-3-12(15)13(10)16/h1-7H. The van der Waals surface area contributed by atoms with Gasteiger partial charge in [-0.05, 0) is 23.8 Å². The molecule has 0 aliphatic carbocycles. The van der Waals surface area contributed by atoms with E-state index in [0.717, 1.165) is 11.1 Å². The number of rotatable bonds is 2. The van der Waals surface area contributed by atoms with Gasteiger partial charge in [-0.15, -0.1) is 0 Å². The normalized spacial score (nSPS) is 10.3. The molecular formula is C13H7Cl3O. The molecule has 0 aliphatic heterocycles. The zero-order valence-corrected chi connectivity index (χ0v) is 10.9. The average Bonchev–Trinajstić information content (AvgIpc) is 2.34. The van der Waals surface area contributed by atoms with Gasteiger partial charge in [-0.2, -0.15) is 0 Å². The predicted molar refractivity (Wildman–Crippen MR) is 72.3 cm³/mol. The summed E-state index contributed by atoms with van der Waals surface area (Å²) in [6.45, 7) is 0. The first-order valence-corrected chi connectivity index (χ1v) is 5.96. The van der Waals surface area contributed by atoms with Gasteiger partial charge in [0.1, 0.15) is 0 Å². The fraction of sp³-hybridized carbons (Fsp3) is 0. The van der Waals surface area contributed by atoms with Crippen LogP contribution in [0.2, 0.25) is 15.1 Å². The Balaban J connectivity index is 2.61. The molecule has 0 aromatic heterocycles. The Bertz CT molecular complexity index is 579. The summed E-state index contributed by atoms with van der Waals surface area (Å²) >= 11 is 17.9. The zero-order valence-electron chi connectivity index (χ0n) is 8.58. The maximum atomic E-state index is 10.8. The molecule has 0 spiro atoms. The molecule has 0 amide bonds. The summed E-state index contributed by atoms with van der Waals surface area (Å²) in [4.78, 5) is 10.8. The van der Waals surface area contributed by atoms with Crippen LogP contribution in [0.4, 0.5) is 0 Å². The van der Waals surface area contributed by atoms with E-state index < -0.39 is 0 Å². The Morgan fingerprint density at radius 2 is 1.71 bits per heavy atom. The number of hydrogen-bond acceptors (Lipinski definition) is 1. The van der Waals surface area contributed by atoms with Crippen LogP contribution < -0.4 is 0 Å². The predicted octanol–water partition coefficient (Wildman–Crippen LogP) is 5.13. The highest BCUT2D eigenvalue weighted by molar-refractivity contribution is 6.43. The van der Waals surface area contributed by atoms with Gasteiger partial charge in [0, 0.05) is 11.1 Å². The van der Waals surface area contributed by atoms with Gasteiger partial charge in [0.25, 0.3) is 0 Å². The third-order valence-electron chi connectivity index (χ3n) is 2.39. The van der Waals surface area contributed by atoms with Gasteiger partial charge < -0.3 is 0 Å². The Morgan fingerprint density at radius 3 is 2.41 bits per heavy atom. The first-order chi connectivity index (χ1) is 8.13. The van der Waals surface area contributed by atoms with Crippen molar-refractivity contribution >= 4 is 41.1 Å². The molecule has 2 aromatic carbocycles. The molecule has 0 N–H and O–H groups in total. The van der Waals surface area contributed by atoms with Gasteiger partial charge in [-0.25, -0.2) is 0 Å². The van der Waals surface area contributed by atoms with Gasteiger partial charge in [0.15, 0.2) is 6.29 Å². The molecular weight excluding hydrogens is 279 g/mol. The van der Waals surface area contributed by atoms with Crippen molar-refractivity contribution in [3.8, 4) is 11.1 Å². The van der Waals surface area contributed by atoms with Crippen molar-refractivity contribution in [1.29, 1.82) is 0 Å². The van der Waals surface area contributed by atoms with E-state index in [1.807, 2.05) is 6.07 Å². The Hall–Kier alpha value is -1.02. The monoisotopic (exact) mass is 284 g/mol. The lowest BCUT2D eigenvalue weighted by atomic mass is 10.0. The van der Waals surface area contributed by atoms with Crippen LogP contribution in [0.1, 0.15) is 10.4 Å². The molecule has 0 atom stereocenters. The van der Waals surface area contributed by atoms with Crippen molar-refractivity contribution < 1.29 is 4.79 Å². The summed E-state index contributed by atoms with van der Waals surface area (Å²) in [7, 11) is 0. The molecule has 0 saturated heterocycles. The highest BCUT2D eigenvalue weighted by atomic mass is 35.5. The molecule has 0 saturated carbocycles. The summed E-state index contributed by atoms with van der Waals surface area (Å²) in [5, 5.41) is 1.36. The number of aldehydes is 1. The largest absolute Gasteiger partial charge is 0.298 e. The molecule has 0 aliphatic rings. The van der Waals surface area contributed by atoms with Crippen molar-refractivity contribution in [1.82, 2.24) is 0 Å². The van der Waals surface area contributed by atoms with Gasteiger partial charge in [0.2, 0.25) is 0 Å². The lowest BCUT2D eigenvalue weighted by molar-refractivity contribution is 0.112. The molecule has 0 radical (unpaired) electrons. The van der Waals surface area contributed by atoms with Crippen LogP contribution in [0.15, 0.2) is 36.4 Å². The van der Waals surface area contributed by atoms with E-state index in [1.165, 1.54) is 0 Å². The average molecular weight is 286 g/mol.